The van der Waals surface area contributed by atoms with Crippen LogP contribution in [0.15, 0.2) is 48.5 Å². The molecular weight excluding hydrogens is 511 g/mol. The highest BCUT2D eigenvalue weighted by Crippen LogP contribution is 2.42. The molecule has 210 valence electrons. The average molecular weight is 546 g/mol. The summed E-state index contributed by atoms with van der Waals surface area (Å²) in [4.78, 5) is 31.6. The van der Waals surface area contributed by atoms with Gasteiger partial charge in [-0.05, 0) is 61.9 Å². The van der Waals surface area contributed by atoms with Crippen molar-refractivity contribution < 1.29 is 33.0 Å². The highest BCUT2D eigenvalue weighted by atomic mass is 19.3. The number of hydrogen-bond acceptors (Lipinski definition) is 4. The molecule has 10 heteroatoms. The zero-order chi connectivity index (χ0) is 27.8. The molecule has 1 aliphatic carbocycles. The van der Waals surface area contributed by atoms with Crippen molar-refractivity contribution in [3.63, 3.8) is 0 Å². The summed E-state index contributed by atoms with van der Waals surface area (Å²) in [7, 11) is 0. The number of aliphatic hydroxyl groups is 2. The Kier molecular flexibility index (Phi) is 7.61. The second kappa shape index (κ2) is 10.8. The number of piperidine rings is 1. The van der Waals surface area contributed by atoms with Gasteiger partial charge >= 0.3 is 6.03 Å². The van der Waals surface area contributed by atoms with Crippen molar-refractivity contribution in [3.8, 4) is 0 Å². The summed E-state index contributed by atoms with van der Waals surface area (Å²) in [6.45, 7) is 0.786. The van der Waals surface area contributed by atoms with Crippen molar-refractivity contribution in [1.29, 1.82) is 0 Å². The lowest BCUT2D eigenvalue weighted by Crippen LogP contribution is -2.54. The van der Waals surface area contributed by atoms with Crippen LogP contribution in [0, 0.1) is 11.2 Å². The van der Waals surface area contributed by atoms with Crippen LogP contribution in [0.3, 0.4) is 0 Å². The molecule has 3 amide bonds. The van der Waals surface area contributed by atoms with Gasteiger partial charge in [0.15, 0.2) is 6.29 Å². The number of urea groups is 1. The van der Waals surface area contributed by atoms with E-state index in [0.29, 0.717) is 37.2 Å². The lowest BCUT2D eigenvalue weighted by Gasteiger charge is -2.45. The van der Waals surface area contributed by atoms with Gasteiger partial charge in [-0.3, -0.25) is 9.69 Å². The van der Waals surface area contributed by atoms with Gasteiger partial charge in [-0.2, -0.15) is 0 Å². The molecule has 2 aliphatic heterocycles. The second-order valence-electron chi connectivity index (χ2n) is 11.1. The van der Waals surface area contributed by atoms with Gasteiger partial charge in [0.05, 0.1) is 5.69 Å². The Hall–Kier alpha value is -3.11. The molecule has 2 fully saturated rings. The van der Waals surface area contributed by atoms with Crippen LogP contribution >= 0.6 is 0 Å². The fourth-order valence-corrected chi connectivity index (χ4v) is 6.29. The molecule has 5 rings (SSSR count). The molecule has 0 radical (unpaired) electrons. The zero-order valence-electron chi connectivity index (χ0n) is 21.7. The van der Waals surface area contributed by atoms with Crippen molar-refractivity contribution >= 4 is 23.3 Å². The number of fused-ring (bicyclic) bond motifs is 1. The maximum atomic E-state index is 14.3. The second-order valence-corrected chi connectivity index (χ2v) is 11.1. The molecule has 0 aromatic heterocycles. The first-order chi connectivity index (χ1) is 18.6. The highest BCUT2D eigenvalue weighted by molar-refractivity contribution is 5.95. The van der Waals surface area contributed by atoms with Crippen LogP contribution in [0.2, 0.25) is 0 Å². The minimum absolute atomic E-state index is 0.148. The van der Waals surface area contributed by atoms with Crippen LogP contribution in [-0.4, -0.2) is 64.9 Å². The first-order valence-electron chi connectivity index (χ1n) is 13.5. The van der Waals surface area contributed by atoms with Crippen LogP contribution in [0.25, 0.3) is 0 Å². The van der Waals surface area contributed by atoms with Crippen molar-refractivity contribution in [2.24, 2.45) is 5.41 Å². The smallest absolute Gasteiger partial charge is 0.324 e. The molecule has 7 nitrogen and oxygen atoms in total. The number of likely N-dealkylation sites (tertiary alicyclic amines) is 1. The molecule has 1 saturated heterocycles. The molecule has 0 spiro atoms. The summed E-state index contributed by atoms with van der Waals surface area (Å²) in [6, 6.07) is 12.0. The fourth-order valence-electron chi connectivity index (χ4n) is 6.29. The van der Waals surface area contributed by atoms with E-state index in [2.05, 4.69) is 0 Å². The molecule has 2 N–H and O–H groups in total. The quantitative estimate of drug-likeness (QED) is 0.534. The normalized spacial score (nSPS) is 22.1. The number of carbonyl (C=O) groups is 2. The summed E-state index contributed by atoms with van der Waals surface area (Å²) in [5.74, 6) is -3.74. The van der Waals surface area contributed by atoms with Gasteiger partial charge in [0.2, 0.25) is 11.8 Å². The van der Waals surface area contributed by atoms with E-state index in [1.807, 2.05) is 0 Å². The standard InChI is InChI=1S/C29H34F3N3O4/c30-21-9-8-20-10-14-34(24(20)17-21)27(39)33-15-12-28(13-16-33,26(37)38)19-25(36)35(22-5-2-1-3-6-22)23-7-4-11-29(31,32)18-23/h1-3,5-6,8-9,17,23,26,37-38H,4,7,10-16,18-19H2. The minimum atomic E-state index is -2.87. The Balaban J connectivity index is 1.31. The van der Waals surface area contributed by atoms with Crippen molar-refractivity contribution in [3.05, 3.63) is 59.9 Å². The van der Waals surface area contributed by atoms with E-state index in [1.165, 1.54) is 21.9 Å². The van der Waals surface area contributed by atoms with Crippen molar-refractivity contribution in [1.82, 2.24) is 4.90 Å². The number of amides is 3. The molecule has 39 heavy (non-hydrogen) atoms. The minimum Gasteiger partial charge on any atom is -0.368 e. The Morgan fingerprint density at radius 3 is 2.41 bits per heavy atom. The third-order valence-corrected chi connectivity index (χ3v) is 8.54. The number of nitrogens with zero attached hydrogens (tertiary/aromatic N) is 3. The van der Waals surface area contributed by atoms with Crippen LogP contribution in [0.5, 0.6) is 0 Å². The van der Waals surface area contributed by atoms with Gasteiger partial charge in [-0.15, -0.1) is 0 Å². The van der Waals surface area contributed by atoms with E-state index in [9.17, 15) is 33.0 Å². The number of alkyl halides is 2. The van der Waals surface area contributed by atoms with E-state index < -0.39 is 41.8 Å². The third-order valence-electron chi connectivity index (χ3n) is 8.54. The number of halogens is 3. The lowest BCUT2D eigenvalue weighted by atomic mass is 9.74. The largest absolute Gasteiger partial charge is 0.368 e. The monoisotopic (exact) mass is 545 g/mol. The van der Waals surface area contributed by atoms with E-state index in [-0.39, 0.29) is 44.8 Å². The first kappa shape index (κ1) is 27.5. The van der Waals surface area contributed by atoms with E-state index >= 15 is 0 Å². The number of carbonyl (C=O) groups excluding carboxylic acids is 2. The number of aliphatic hydroxyl groups excluding tert-OH is 1. The molecule has 1 atom stereocenters. The SMILES string of the molecule is O=C(N1CCC(CC(=O)N(c2ccccc2)C2CCCC(F)(F)C2)(C(O)O)CC1)N1CCc2ccc(F)cc21. The third kappa shape index (κ3) is 5.63. The van der Waals surface area contributed by atoms with Gasteiger partial charge in [0.25, 0.3) is 0 Å². The highest BCUT2D eigenvalue weighted by Gasteiger charge is 2.47. The molecule has 0 bridgehead atoms. The molecule has 2 aromatic rings. The summed E-state index contributed by atoms with van der Waals surface area (Å²) < 4.78 is 42.5. The van der Waals surface area contributed by atoms with E-state index in [1.54, 1.807) is 41.3 Å². The Morgan fingerprint density at radius 1 is 1.03 bits per heavy atom. The zero-order valence-corrected chi connectivity index (χ0v) is 21.7. The fraction of sp³-hybridized carbons (Fsp3) is 0.517. The summed E-state index contributed by atoms with van der Waals surface area (Å²) in [6.07, 6.45) is -1.08. The van der Waals surface area contributed by atoms with Crippen molar-refractivity contribution in [2.75, 3.05) is 29.4 Å². The van der Waals surface area contributed by atoms with Gasteiger partial charge in [0, 0.05) is 56.0 Å². The van der Waals surface area contributed by atoms with Gasteiger partial charge in [-0.25, -0.2) is 18.0 Å². The molecule has 1 saturated carbocycles. The number of para-hydroxylation sites is 1. The van der Waals surface area contributed by atoms with Gasteiger partial charge in [-0.1, -0.05) is 24.3 Å². The number of anilines is 2. The molecular formula is C29H34F3N3O4. The summed E-state index contributed by atoms with van der Waals surface area (Å²) >= 11 is 0. The first-order valence-corrected chi connectivity index (χ1v) is 13.5. The maximum absolute atomic E-state index is 14.3. The van der Waals surface area contributed by atoms with Gasteiger partial charge < -0.3 is 20.0 Å². The van der Waals surface area contributed by atoms with Crippen LogP contribution in [-0.2, 0) is 11.2 Å². The number of benzene rings is 2. The predicted molar refractivity (Wildman–Crippen MR) is 140 cm³/mol. The van der Waals surface area contributed by atoms with Crippen LogP contribution in [0.4, 0.5) is 29.3 Å². The Morgan fingerprint density at radius 2 is 1.74 bits per heavy atom. The van der Waals surface area contributed by atoms with Crippen LogP contribution in [0.1, 0.15) is 50.5 Å². The van der Waals surface area contributed by atoms with Crippen LogP contribution < -0.4 is 9.80 Å². The molecule has 2 heterocycles. The van der Waals surface area contributed by atoms with Gasteiger partial charge in [0.1, 0.15) is 5.82 Å². The topological polar surface area (TPSA) is 84.3 Å². The maximum Gasteiger partial charge on any atom is 0.324 e. The summed E-state index contributed by atoms with van der Waals surface area (Å²) in [5, 5.41) is 20.9. The Bertz CT molecular complexity index is 1200. The molecule has 3 aliphatic rings. The Labute approximate surface area is 225 Å². The van der Waals surface area contributed by atoms with Crippen molar-refractivity contribution in [2.45, 2.75) is 69.6 Å². The molecule has 1 unspecified atom stereocenters. The average Bonchev–Trinajstić information content (AvgIpc) is 3.32. The lowest BCUT2D eigenvalue weighted by molar-refractivity contribution is -0.162. The molecule has 2 aromatic carbocycles. The number of hydrogen-bond donors (Lipinski definition) is 2. The predicted octanol–water partition coefficient (Wildman–Crippen LogP) is 4.70. The number of rotatable bonds is 5. The summed E-state index contributed by atoms with van der Waals surface area (Å²) in [5.41, 5.74) is 0.701. The van der Waals surface area contributed by atoms with E-state index in [4.69, 9.17) is 0 Å². The van der Waals surface area contributed by atoms with E-state index in [0.717, 1.165) is 5.56 Å².